The summed E-state index contributed by atoms with van der Waals surface area (Å²) >= 11 is -0.00801. The Kier molecular flexibility index (Phi) is 2.80. The van der Waals surface area contributed by atoms with Crippen molar-refractivity contribution >= 4 is 31.0 Å². The van der Waals surface area contributed by atoms with Gasteiger partial charge in [0.1, 0.15) is 0 Å². The Balaban J connectivity index is 2.11. The van der Waals surface area contributed by atoms with Gasteiger partial charge in [-0.1, -0.05) is 0 Å². The van der Waals surface area contributed by atoms with Crippen LogP contribution in [0.2, 0.25) is 4.82 Å². The van der Waals surface area contributed by atoms with Crippen molar-refractivity contribution < 1.29 is 9.59 Å². The molecule has 0 bridgehead atoms. The molecule has 0 N–H and O–H groups in total. The van der Waals surface area contributed by atoms with Gasteiger partial charge >= 0.3 is 88.6 Å². The molecule has 0 aliphatic heterocycles. The number of carbonyl (C=O) groups excluding carboxylic acids is 2. The molecule has 3 heteroatoms. The van der Waals surface area contributed by atoms with Gasteiger partial charge in [0.15, 0.2) is 0 Å². The molecule has 2 rings (SSSR count). The van der Waals surface area contributed by atoms with Gasteiger partial charge in [-0.25, -0.2) is 0 Å². The molecule has 0 saturated heterocycles. The molecule has 0 radical (unpaired) electrons. The van der Waals surface area contributed by atoms with Crippen LogP contribution in [0, 0.1) is 0 Å². The third-order valence-electron chi connectivity index (χ3n) is 2.20. The van der Waals surface area contributed by atoms with E-state index in [1.807, 2.05) is 30.3 Å². The van der Waals surface area contributed by atoms with Crippen LogP contribution in [0.4, 0.5) is 0 Å². The number of hydrogen-bond donors (Lipinski definition) is 0. The maximum absolute atomic E-state index is 11.4. The van der Waals surface area contributed by atoms with Gasteiger partial charge in [-0.3, -0.25) is 0 Å². The Hall–Kier alpha value is -0.921. The van der Waals surface area contributed by atoms with Crippen LogP contribution in [0.1, 0.15) is 12.8 Å². The Labute approximate surface area is 88.9 Å². The molecular weight excluding hydrogens is 243 g/mol. The van der Waals surface area contributed by atoms with Crippen LogP contribution in [0.3, 0.4) is 0 Å². The van der Waals surface area contributed by atoms with Gasteiger partial charge in [0, 0.05) is 0 Å². The zero-order valence-electron chi connectivity index (χ0n) is 7.60. The predicted molar refractivity (Wildman–Crippen MR) is 54.8 cm³/mol. The Morgan fingerprint density at radius 2 is 1.57 bits per heavy atom. The first-order chi connectivity index (χ1) is 6.77. The van der Waals surface area contributed by atoms with E-state index in [0.29, 0.717) is 12.8 Å². The normalized spacial score (nSPS) is 17.7. The monoisotopic (exact) mass is 254 g/mol. The van der Waals surface area contributed by atoms with Crippen molar-refractivity contribution in [1.29, 1.82) is 0 Å². The average molecular weight is 253 g/mol. The summed E-state index contributed by atoms with van der Waals surface area (Å²) in [5.41, 5.74) is 0. The third kappa shape index (κ3) is 1.94. The molecule has 0 heterocycles. The van der Waals surface area contributed by atoms with Crippen molar-refractivity contribution in [3.05, 3.63) is 30.3 Å². The summed E-state index contributed by atoms with van der Waals surface area (Å²) < 4.78 is 1.13. The molecule has 1 aromatic rings. The maximum atomic E-state index is 11.4. The Bertz CT molecular complexity index is 343. The number of benzene rings is 1. The summed E-state index contributed by atoms with van der Waals surface area (Å²) in [4.78, 5) is 22.5. The van der Waals surface area contributed by atoms with E-state index in [1.165, 1.54) is 0 Å². The molecule has 1 aliphatic rings. The molecule has 0 amide bonds. The fraction of sp³-hybridized carbons (Fsp3) is 0.273. The van der Waals surface area contributed by atoms with Crippen molar-refractivity contribution in [3.8, 4) is 0 Å². The van der Waals surface area contributed by atoms with Crippen LogP contribution in [0.5, 0.6) is 0 Å². The SMILES string of the molecule is O=C1CCC(=O)C1[Se]c1ccccc1. The topological polar surface area (TPSA) is 34.1 Å². The minimum atomic E-state index is -0.301. The van der Waals surface area contributed by atoms with Gasteiger partial charge in [0.05, 0.1) is 0 Å². The molecule has 0 atom stereocenters. The van der Waals surface area contributed by atoms with Crippen molar-refractivity contribution in [1.82, 2.24) is 0 Å². The number of hydrogen-bond acceptors (Lipinski definition) is 2. The van der Waals surface area contributed by atoms with E-state index in [9.17, 15) is 9.59 Å². The van der Waals surface area contributed by atoms with Crippen LogP contribution >= 0.6 is 0 Å². The molecular formula is C11H10O2Se. The van der Waals surface area contributed by atoms with Crippen molar-refractivity contribution in [2.75, 3.05) is 0 Å². The standard InChI is InChI=1S/C11H10O2Se/c12-9-6-7-10(13)11(9)14-8-4-2-1-3-5-8/h1-5,11H,6-7H2. The number of rotatable bonds is 2. The number of Topliss-reactive ketones (excluding diaryl/α,β-unsaturated/α-hetero) is 2. The van der Waals surface area contributed by atoms with Crippen LogP contribution in [-0.2, 0) is 9.59 Å². The zero-order chi connectivity index (χ0) is 9.97. The second kappa shape index (κ2) is 4.07. The first-order valence-electron chi connectivity index (χ1n) is 4.54. The van der Waals surface area contributed by atoms with E-state index in [-0.39, 0.29) is 31.3 Å². The van der Waals surface area contributed by atoms with E-state index in [0.717, 1.165) is 4.46 Å². The summed E-state index contributed by atoms with van der Waals surface area (Å²) in [6, 6.07) is 9.80. The third-order valence-corrected chi connectivity index (χ3v) is 4.94. The molecule has 2 nitrogen and oxygen atoms in total. The second-order valence-corrected chi connectivity index (χ2v) is 5.72. The van der Waals surface area contributed by atoms with Gasteiger partial charge < -0.3 is 0 Å². The predicted octanol–water partition coefficient (Wildman–Crippen LogP) is 0.737. The van der Waals surface area contributed by atoms with Crippen LogP contribution in [-0.4, -0.2) is 26.5 Å². The van der Waals surface area contributed by atoms with Gasteiger partial charge in [-0.05, 0) is 0 Å². The number of ketones is 2. The Morgan fingerprint density at radius 1 is 1.00 bits per heavy atom. The van der Waals surface area contributed by atoms with Gasteiger partial charge in [0.2, 0.25) is 0 Å². The first-order valence-corrected chi connectivity index (χ1v) is 6.39. The Morgan fingerprint density at radius 3 is 2.14 bits per heavy atom. The second-order valence-electron chi connectivity index (χ2n) is 3.24. The fourth-order valence-corrected chi connectivity index (χ4v) is 3.73. The molecule has 0 unspecified atom stereocenters. The minimum absolute atomic E-state index is 0.00801. The van der Waals surface area contributed by atoms with Crippen molar-refractivity contribution in [2.45, 2.75) is 17.7 Å². The van der Waals surface area contributed by atoms with Crippen molar-refractivity contribution in [2.24, 2.45) is 0 Å². The van der Waals surface area contributed by atoms with E-state index in [2.05, 4.69) is 0 Å². The van der Waals surface area contributed by atoms with E-state index >= 15 is 0 Å². The van der Waals surface area contributed by atoms with Gasteiger partial charge in [-0.2, -0.15) is 0 Å². The summed E-state index contributed by atoms with van der Waals surface area (Å²) in [6.45, 7) is 0. The van der Waals surface area contributed by atoms with E-state index in [4.69, 9.17) is 0 Å². The van der Waals surface area contributed by atoms with Gasteiger partial charge in [0.25, 0.3) is 0 Å². The molecule has 1 fully saturated rings. The molecule has 1 aromatic carbocycles. The van der Waals surface area contributed by atoms with Crippen LogP contribution < -0.4 is 4.46 Å². The summed E-state index contributed by atoms with van der Waals surface area (Å²) in [6.07, 6.45) is 0.913. The molecule has 1 saturated carbocycles. The van der Waals surface area contributed by atoms with Crippen molar-refractivity contribution in [3.63, 3.8) is 0 Å². The molecule has 1 aliphatic carbocycles. The van der Waals surface area contributed by atoms with E-state index < -0.39 is 0 Å². The summed E-state index contributed by atoms with van der Waals surface area (Å²) in [5, 5.41) is 0. The van der Waals surface area contributed by atoms with Gasteiger partial charge in [-0.15, -0.1) is 0 Å². The first kappa shape index (κ1) is 9.63. The molecule has 72 valence electrons. The quantitative estimate of drug-likeness (QED) is 0.575. The number of carbonyl (C=O) groups is 2. The fourth-order valence-electron chi connectivity index (χ4n) is 1.45. The average Bonchev–Trinajstić information content (AvgIpc) is 2.51. The molecule has 0 aromatic heterocycles. The summed E-state index contributed by atoms with van der Waals surface area (Å²) in [7, 11) is 0. The molecule has 0 spiro atoms. The van der Waals surface area contributed by atoms with Crippen LogP contribution in [0.25, 0.3) is 0 Å². The summed E-state index contributed by atoms with van der Waals surface area (Å²) in [5.74, 6) is 0.276. The zero-order valence-corrected chi connectivity index (χ0v) is 9.32. The van der Waals surface area contributed by atoms with E-state index in [1.54, 1.807) is 0 Å². The molecule has 14 heavy (non-hydrogen) atoms. The van der Waals surface area contributed by atoms with Crippen LogP contribution in [0.15, 0.2) is 30.3 Å².